The number of aryl methyl sites for hydroxylation is 1. The number of amides is 1. The van der Waals surface area contributed by atoms with Crippen LogP contribution < -0.4 is 14.8 Å². The summed E-state index contributed by atoms with van der Waals surface area (Å²) >= 11 is 0. The van der Waals surface area contributed by atoms with Crippen LogP contribution in [0.1, 0.15) is 40.1 Å². The summed E-state index contributed by atoms with van der Waals surface area (Å²) in [4.78, 5) is 37.7. The highest BCUT2D eigenvalue weighted by atomic mass is 16.5. The van der Waals surface area contributed by atoms with Gasteiger partial charge in [0.15, 0.2) is 6.61 Å². The van der Waals surface area contributed by atoms with Gasteiger partial charge in [-0.1, -0.05) is 32.0 Å². The minimum absolute atomic E-state index is 0.226. The van der Waals surface area contributed by atoms with Gasteiger partial charge in [0.25, 0.3) is 5.91 Å². The van der Waals surface area contributed by atoms with Gasteiger partial charge >= 0.3 is 5.97 Å². The van der Waals surface area contributed by atoms with E-state index in [9.17, 15) is 14.4 Å². The normalized spacial score (nSPS) is 11.5. The molecule has 160 valence electrons. The SMILES string of the molecule is COc1ccc(C(=O)COC(=O)[C@@H](NC(=O)c2ccccc2C)C(C)C)c(OC)c1. The molecule has 0 saturated heterocycles. The van der Waals surface area contributed by atoms with Crippen molar-refractivity contribution in [3.63, 3.8) is 0 Å². The van der Waals surface area contributed by atoms with Gasteiger partial charge in [-0.15, -0.1) is 0 Å². The molecule has 0 unspecified atom stereocenters. The predicted octanol–water partition coefficient (Wildman–Crippen LogP) is 3.19. The molecular formula is C23H27NO6. The summed E-state index contributed by atoms with van der Waals surface area (Å²) in [6, 6.07) is 11.0. The lowest BCUT2D eigenvalue weighted by atomic mass is 10.0. The Hall–Kier alpha value is -3.35. The average molecular weight is 413 g/mol. The molecule has 0 spiro atoms. The molecule has 0 heterocycles. The number of benzene rings is 2. The van der Waals surface area contributed by atoms with Crippen molar-refractivity contribution >= 4 is 17.7 Å². The molecule has 2 rings (SSSR count). The van der Waals surface area contributed by atoms with E-state index >= 15 is 0 Å². The summed E-state index contributed by atoms with van der Waals surface area (Å²) in [5.74, 6) is -0.825. The summed E-state index contributed by atoms with van der Waals surface area (Å²) in [5.41, 5.74) is 1.55. The van der Waals surface area contributed by atoms with Gasteiger partial charge in [0.05, 0.1) is 19.8 Å². The zero-order chi connectivity index (χ0) is 22.3. The first-order chi connectivity index (χ1) is 14.3. The highest BCUT2D eigenvalue weighted by Gasteiger charge is 2.27. The lowest BCUT2D eigenvalue weighted by molar-refractivity contribution is -0.145. The van der Waals surface area contributed by atoms with Crippen LogP contribution in [0.2, 0.25) is 0 Å². The fraction of sp³-hybridized carbons (Fsp3) is 0.348. The molecule has 0 bridgehead atoms. The molecule has 2 aromatic carbocycles. The van der Waals surface area contributed by atoms with Gasteiger partial charge in [0.1, 0.15) is 17.5 Å². The Morgan fingerprint density at radius 3 is 2.27 bits per heavy atom. The number of Topliss-reactive ketones (excluding diaryl/α,β-unsaturated/α-hetero) is 1. The third-order valence-corrected chi connectivity index (χ3v) is 4.65. The highest BCUT2D eigenvalue weighted by molar-refractivity contribution is 6.01. The van der Waals surface area contributed by atoms with Crippen molar-refractivity contribution < 1.29 is 28.6 Å². The van der Waals surface area contributed by atoms with E-state index in [0.29, 0.717) is 17.1 Å². The zero-order valence-corrected chi connectivity index (χ0v) is 17.9. The standard InChI is InChI=1S/C23H27NO6/c1-14(2)21(24-22(26)17-9-7-6-8-15(17)3)23(27)30-13-19(25)18-11-10-16(28-4)12-20(18)29-5/h6-12,14,21H,13H2,1-5H3,(H,24,26)/t21-/m0/s1. The predicted molar refractivity (Wildman–Crippen MR) is 112 cm³/mol. The molecule has 0 aromatic heterocycles. The molecule has 1 N–H and O–H groups in total. The largest absolute Gasteiger partial charge is 0.497 e. The van der Waals surface area contributed by atoms with Crippen molar-refractivity contribution in [2.24, 2.45) is 5.92 Å². The number of carbonyl (C=O) groups excluding carboxylic acids is 3. The number of rotatable bonds is 9. The zero-order valence-electron chi connectivity index (χ0n) is 17.9. The van der Waals surface area contributed by atoms with Gasteiger partial charge in [-0.25, -0.2) is 4.79 Å². The lowest BCUT2D eigenvalue weighted by Gasteiger charge is -2.21. The van der Waals surface area contributed by atoms with Crippen molar-refractivity contribution in [1.82, 2.24) is 5.32 Å². The maximum atomic E-state index is 12.6. The number of hydrogen-bond donors (Lipinski definition) is 1. The Morgan fingerprint density at radius 2 is 1.67 bits per heavy atom. The summed E-state index contributed by atoms with van der Waals surface area (Å²) in [6.07, 6.45) is 0. The number of ketones is 1. The van der Waals surface area contributed by atoms with Crippen LogP contribution in [0, 0.1) is 12.8 Å². The molecule has 0 aliphatic carbocycles. The van der Waals surface area contributed by atoms with E-state index in [1.807, 2.05) is 19.1 Å². The smallest absolute Gasteiger partial charge is 0.329 e. The number of esters is 1. The summed E-state index contributed by atoms with van der Waals surface area (Å²) in [7, 11) is 2.95. The molecule has 1 amide bonds. The monoisotopic (exact) mass is 413 g/mol. The topological polar surface area (TPSA) is 90.9 Å². The van der Waals surface area contributed by atoms with Crippen LogP contribution in [0.3, 0.4) is 0 Å². The van der Waals surface area contributed by atoms with Crippen LogP contribution in [-0.4, -0.2) is 44.5 Å². The molecule has 0 aliphatic rings. The number of hydrogen-bond acceptors (Lipinski definition) is 6. The van der Waals surface area contributed by atoms with Crippen molar-refractivity contribution in [2.45, 2.75) is 26.8 Å². The van der Waals surface area contributed by atoms with Crippen LogP contribution in [0.5, 0.6) is 11.5 Å². The average Bonchev–Trinajstić information content (AvgIpc) is 2.74. The van der Waals surface area contributed by atoms with E-state index in [-0.39, 0.29) is 17.4 Å². The number of ether oxygens (including phenoxy) is 3. The molecule has 0 aliphatic heterocycles. The van der Waals surface area contributed by atoms with Gasteiger partial charge in [-0.2, -0.15) is 0 Å². The van der Waals surface area contributed by atoms with Crippen molar-refractivity contribution in [3.8, 4) is 11.5 Å². The maximum absolute atomic E-state index is 12.6. The second-order valence-corrected chi connectivity index (χ2v) is 7.11. The van der Waals surface area contributed by atoms with Gasteiger partial charge in [-0.3, -0.25) is 9.59 Å². The van der Waals surface area contributed by atoms with Gasteiger partial charge in [-0.05, 0) is 36.6 Å². The molecule has 1 atom stereocenters. The Balaban J connectivity index is 2.06. The van der Waals surface area contributed by atoms with Crippen LogP contribution in [-0.2, 0) is 9.53 Å². The van der Waals surface area contributed by atoms with E-state index in [1.54, 1.807) is 44.2 Å². The molecule has 7 nitrogen and oxygen atoms in total. The minimum atomic E-state index is -0.886. The Labute approximate surface area is 176 Å². The third kappa shape index (κ3) is 5.59. The molecule has 0 fully saturated rings. The second-order valence-electron chi connectivity index (χ2n) is 7.11. The third-order valence-electron chi connectivity index (χ3n) is 4.65. The van der Waals surface area contributed by atoms with Crippen molar-refractivity contribution in [1.29, 1.82) is 0 Å². The highest BCUT2D eigenvalue weighted by Crippen LogP contribution is 2.25. The van der Waals surface area contributed by atoms with E-state index in [0.717, 1.165) is 5.56 Å². The number of methoxy groups -OCH3 is 2. The minimum Gasteiger partial charge on any atom is -0.497 e. The van der Waals surface area contributed by atoms with Crippen molar-refractivity contribution in [2.75, 3.05) is 20.8 Å². The van der Waals surface area contributed by atoms with Gasteiger partial charge < -0.3 is 19.5 Å². The summed E-state index contributed by atoms with van der Waals surface area (Å²) in [5, 5.41) is 2.71. The van der Waals surface area contributed by atoms with Crippen LogP contribution >= 0.6 is 0 Å². The lowest BCUT2D eigenvalue weighted by Crippen LogP contribution is -2.45. The molecule has 30 heavy (non-hydrogen) atoms. The fourth-order valence-corrected chi connectivity index (χ4v) is 2.88. The summed E-state index contributed by atoms with van der Waals surface area (Å²) in [6.45, 7) is 4.93. The quantitative estimate of drug-likeness (QED) is 0.502. The van der Waals surface area contributed by atoms with E-state index in [4.69, 9.17) is 14.2 Å². The van der Waals surface area contributed by atoms with E-state index < -0.39 is 24.4 Å². The first-order valence-corrected chi connectivity index (χ1v) is 9.56. The number of nitrogens with one attached hydrogen (secondary N) is 1. The van der Waals surface area contributed by atoms with E-state index in [2.05, 4.69) is 5.32 Å². The molecule has 7 heteroatoms. The fourth-order valence-electron chi connectivity index (χ4n) is 2.88. The van der Waals surface area contributed by atoms with Crippen LogP contribution in [0.25, 0.3) is 0 Å². The van der Waals surface area contributed by atoms with E-state index in [1.165, 1.54) is 14.2 Å². The first kappa shape index (κ1) is 22.9. The number of carbonyl (C=O) groups is 3. The Bertz CT molecular complexity index is 922. The van der Waals surface area contributed by atoms with Gasteiger partial charge in [0.2, 0.25) is 5.78 Å². The van der Waals surface area contributed by atoms with Crippen LogP contribution in [0.15, 0.2) is 42.5 Å². The molecule has 0 saturated carbocycles. The molecular weight excluding hydrogens is 386 g/mol. The van der Waals surface area contributed by atoms with Crippen LogP contribution in [0.4, 0.5) is 0 Å². The molecule has 2 aromatic rings. The summed E-state index contributed by atoms with van der Waals surface area (Å²) < 4.78 is 15.5. The van der Waals surface area contributed by atoms with Gasteiger partial charge in [0, 0.05) is 11.6 Å². The first-order valence-electron chi connectivity index (χ1n) is 9.56. The second kappa shape index (κ2) is 10.4. The van der Waals surface area contributed by atoms with Crippen molar-refractivity contribution in [3.05, 3.63) is 59.2 Å². The maximum Gasteiger partial charge on any atom is 0.329 e. The Kier molecular flexibility index (Phi) is 7.98. The Morgan fingerprint density at radius 1 is 0.967 bits per heavy atom. The molecule has 0 radical (unpaired) electrons.